The number of amides is 1. The van der Waals surface area contributed by atoms with Crippen molar-refractivity contribution in [2.45, 2.75) is 50.5 Å². The van der Waals surface area contributed by atoms with Crippen LogP contribution in [0, 0.1) is 5.92 Å². The van der Waals surface area contributed by atoms with Crippen molar-refractivity contribution in [3.63, 3.8) is 0 Å². The predicted molar refractivity (Wildman–Crippen MR) is 115 cm³/mol. The number of nitrogens with one attached hydrogen (secondary N) is 1. The number of carbonyl (C=O) groups excluding carboxylic acids is 2. The fraction of sp³-hybridized carbons (Fsp3) is 0.440. The van der Waals surface area contributed by atoms with E-state index in [-0.39, 0.29) is 12.5 Å². The van der Waals surface area contributed by atoms with Gasteiger partial charge < -0.3 is 14.8 Å². The van der Waals surface area contributed by atoms with Crippen LogP contribution in [-0.4, -0.2) is 31.8 Å². The number of hydrogen-bond donors (Lipinski definition) is 1. The summed E-state index contributed by atoms with van der Waals surface area (Å²) >= 11 is 0. The van der Waals surface area contributed by atoms with Crippen molar-refractivity contribution in [1.29, 1.82) is 0 Å². The maximum atomic E-state index is 12.6. The number of fused-ring (bicyclic) bond motifs is 3. The first-order valence-corrected chi connectivity index (χ1v) is 10.9. The zero-order valence-electron chi connectivity index (χ0n) is 17.4. The van der Waals surface area contributed by atoms with Gasteiger partial charge in [0.1, 0.15) is 12.6 Å². The number of carbonyl (C=O) groups is 2. The van der Waals surface area contributed by atoms with Crippen LogP contribution in [0.1, 0.15) is 55.6 Å². The van der Waals surface area contributed by atoms with Crippen LogP contribution >= 0.6 is 0 Å². The van der Waals surface area contributed by atoms with Crippen LogP contribution in [0.3, 0.4) is 0 Å². The maximum Gasteiger partial charge on any atom is 0.407 e. The Morgan fingerprint density at radius 3 is 2.17 bits per heavy atom. The molecule has 30 heavy (non-hydrogen) atoms. The lowest BCUT2D eigenvalue weighted by atomic mass is 9.85. The van der Waals surface area contributed by atoms with Crippen molar-refractivity contribution < 1.29 is 19.1 Å². The molecule has 5 nitrogen and oxygen atoms in total. The van der Waals surface area contributed by atoms with Gasteiger partial charge in [-0.15, -0.1) is 0 Å². The minimum atomic E-state index is -0.659. The molecule has 5 heteroatoms. The van der Waals surface area contributed by atoms with Crippen molar-refractivity contribution in [3.05, 3.63) is 59.7 Å². The van der Waals surface area contributed by atoms with Gasteiger partial charge in [0.15, 0.2) is 0 Å². The number of benzene rings is 2. The molecule has 1 unspecified atom stereocenters. The molecule has 0 bridgehead atoms. The van der Waals surface area contributed by atoms with Gasteiger partial charge in [-0.05, 0) is 34.6 Å². The summed E-state index contributed by atoms with van der Waals surface area (Å²) in [6, 6.07) is 15.8. The van der Waals surface area contributed by atoms with Crippen LogP contribution in [0.25, 0.3) is 11.1 Å². The minimum Gasteiger partial charge on any atom is -0.467 e. The molecule has 1 saturated carbocycles. The molecule has 0 aromatic heterocycles. The SMILES string of the molecule is COC(=O)C(CC1CCCCC1)NC(=O)OCC1c2ccccc2-c2ccccc21. The standard InChI is InChI=1S/C25H29NO4/c1-29-24(27)23(15-17-9-3-2-4-10-17)26-25(28)30-16-22-20-13-7-5-11-18(20)19-12-6-8-14-21(19)22/h5-8,11-14,17,22-23H,2-4,9-10,15-16H2,1H3,(H,26,28). The van der Waals surface area contributed by atoms with Gasteiger partial charge in [0.2, 0.25) is 0 Å². The Morgan fingerprint density at radius 1 is 0.967 bits per heavy atom. The van der Waals surface area contributed by atoms with E-state index in [1.54, 1.807) is 0 Å². The van der Waals surface area contributed by atoms with Crippen molar-refractivity contribution in [3.8, 4) is 11.1 Å². The zero-order valence-corrected chi connectivity index (χ0v) is 17.4. The summed E-state index contributed by atoms with van der Waals surface area (Å²) in [4.78, 5) is 24.8. The number of rotatable bonds is 6. The number of alkyl carbamates (subject to hydrolysis) is 1. The first-order chi connectivity index (χ1) is 14.7. The summed E-state index contributed by atoms with van der Waals surface area (Å²) in [7, 11) is 1.36. The number of ether oxygens (including phenoxy) is 2. The Hall–Kier alpha value is -2.82. The molecule has 0 spiro atoms. The highest BCUT2D eigenvalue weighted by Gasteiger charge is 2.30. The van der Waals surface area contributed by atoms with E-state index in [0.717, 1.165) is 12.8 Å². The lowest BCUT2D eigenvalue weighted by molar-refractivity contribution is -0.143. The van der Waals surface area contributed by atoms with E-state index in [1.165, 1.54) is 48.6 Å². The quantitative estimate of drug-likeness (QED) is 0.682. The maximum absolute atomic E-state index is 12.6. The first-order valence-electron chi connectivity index (χ1n) is 10.9. The Morgan fingerprint density at radius 2 is 1.57 bits per heavy atom. The summed E-state index contributed by atoms with van der Waals surface area (Å²) in [6.07, 6.45) is 5.85. The minimum absolute atomic E-state index is 0.00179. The summed E-state index contributed by atoms with van der Waals surface area (Å²) in [6.45, 7) is 0.233. The highest BCUT2D eigenvalue weighted by molar-refractivity contribution is 5.82. The molecule has 2 aromatic rings. The Labute approximate surface area is 177 Å². The third kappa shape index (κ3) is 4.35. The molecule has 1 N–H and O–H groups in total. The molecule has 1 fully saturated rings. The van der Waals surface area contributed by atoms with E-state index in [4.69, 9.17) is 9.47 Å². The molecular formula is C25H29NO4. The van der Waals surface area contributed by atoms with Gasteiger partial charge in [-0.2, -0.15) is 0 Å². The third-order valence-electron chi connectivity index (χ3n) is 6.42. The molecule has 0 radical (unpaired) electrons. The zero-order chi connectivity index (χ0) is 20.9. The van der Waals surface area contributed by atoms with E-state index in [9.17, 15) is 9.59 Å². The summed E-state index contributed by atoms with van der Waals surface area (Å²) in [5.41, 5.74) is 4.70. The van der Waals surface area contributed by atoms with Gasteiger partial charge in [-0.3, -0.25) is 0 Å². The molecule has 158 valence electrons. The molecule has 0 heterocycles. The second-order valence-electron chi connectivity index (χ2n) is 8.29. The molecule has 1 amide bonds. The van der Waals surface area contributed by atoms with Crippen molar-refractivity contribution in [2.75, 3.05) is 13.7 Å². The number of methoxy groups -OCH3 is 1. The predicted octanol–water partition coefficient (Wildman–Crippen LogP) is 5.04. The number of hydrogen-bond acceptors (Lipinski definition) is 4. The average Bonchev–Trinajstić information content (AvgIpc) is 3.11. The van der Waals surface area contributed by atoms with Gasteiger partial charge in [0.05, 0.1) is 7.11 Å². The van der Waals surface area contributed by atoms with Crippen molar-refractivity contribution >= 4 is 12.1 Å². The van der Waals surface area contributed by atoms with Gasteiger partial charge in [-0.1, -0.05) is 80.6 Å². The van der Waals surface area contributed by atoms with Crippen LogP contribution in [0.5, 0.6) is 0 Å². The van der Waals surface area contributed by atoms with Crippen LogP contribution in [-0.2, 0) is 14.3 Å². The van der Waals surface area contributed by atoms with E-state index >= 15 is 0 Å². The van der Waals surface area contributed by atoms with Gasteiger partial charge >= 0.3 is 12.1 Å². The van der Waals surface area contributed by atoms with E-state index in [0.29, 0.717) is 12.3 Å². The monoisotopic (exact) mass is 407 g/mol. The van der Waals surface area contributed by atoms with Crippen LogP contribution in [0.15, 0.2) is 48.5 Å². The van der Waals surface area contributed by atoms with Gasteiger partial charge in [-0.25, -0.2) is 9.59 Å². The van der Waals surface area contributed by atoms with Crippen LogP contribution in [0.4, 0.5) is 4.79 Å². The topological polar surface area (TPSA) is 64.6 Å². The van der Waals surface area contributed by atoms with E-state index in [1.807, 2.05) is 24.3 Å². The average molecular weight is 408 g/mol. The first kappa shape index (κ1) is 20.5. The highest BCUT2D eigenvalue weighted by atomic mass is 16.6. The Balaban J connectivity index is 1.40. The molecular weight excluding hydrogens is 378 g/mol. The molecule has 4 rings (SSSR count). The van der Waals surface area contributed by atoms with E-state index in [2.05, 4.69) is 29.6 Å². The van der Waals surface area contributed by atoms with Gasteiger partial charge in [0, 0.05) is 5.92 Å². The largest absolute Gasteiger partial charge is 0.467 e. The van der Waals surface area contributed by atoms with Gasteiger partial charge in [0.25, 0.3) is 0 Å². The smallest absolute Gasteiger partial charge is 0.407 e. The fourth-order valence-corrected chi connectivity index (χ4v) is 4.89. The van der Waals surface area contributed by atoms with Crippen molar-refractivity contribution in [2.24, 2.45) is 5.92 Å². The second kappa shape index (κ2) is 9.33. The molecule has 0 aliphatic heterocycles. The molecule has 1 atom stereocenters. The normalized spacial score (nSPS) is 17.0. The van der Waals surface area contributed by atoms with Crippen LogP contribution < -0.4 is 5.32 Å². The highest BCUT2D eigenvalue weighted by Crippen LogP contribution is 2.44. The third-order valence-corrected chi connectivity index (χ3v) is 6.42. The summed E-state index contributed by atoms with van der Waals surface area (Å²) < 4.78 is 10.5. The summed E-state index contributed by atoms with van der Waals surface area (Å²) in [5.74, 6) is 0.0314. The Kier molecular flexibility index (Phi) is 6.36. The molecule has 2 aromatic carbocycles. The van der Waals surface area contributed by atoms with Crippen LogP contribution in [0.2, 0.25) is 0 Å². The molecule has 2 aliphatic carbocycles. The molecule has 0 saturated heterocycles. The van der Waals surface area contributed by atoms with Crippen molar-refractivity contribution in [1.82, 2.24) is 5.32 Å². The fourth-order valence-electron chi connectivity index (χ4n) is 4.89. The summed E-state index contributed by atoms with van der Waals surface area (Å²) in [5, 5.41) is 2.75. The van der Waals surface area contributed by atoms with E-state index < -0.39 is 18.1 Å². The lowest BCUT2D eigenvalue weighted by Crippen LogP contribution is -2.43. The number of esters is 1. The lowest BCUT2D eigenvalue weighted by Gasteiger charge is -2.25. The second-order valence-corrected chi connectivity index (χ2v) is 8.29. The molecule has 2 aliphatic rings. The Bertz CT molecular complexity index is 858.